The molecular formula is C17H20N2O. The Morgan fingerprint density at radius 3 is 2.75 bits per heavy atom. The van der Waals surface area contributed by atoms with Crippen molar-refractivity contribution < 1.29 is 4.74 Å². The number of rotatable bonds is 3. The molecule has 20 heavy (non-hydrogen) atoms. The molecule has 2 aromatic rings. The monoisotopic (exact) mass is 268 g/mol. The fourth-order valence-electron chi connectivity index (χ4n) is 2.72. The number of hydrogen-bond acceptors (Lipinski definition) is 3. The molecule has 0 saturated heterocycles. The Balaban J connectivity index is 1.88. The molecule has 1 aromatic heterocycles. The molecule has 3 rings (SSSR count). The van der Waals surface area contributed by atoms with Crippen molar-refractivity contribution in [3.05, 3.63) is 53.2 Å². The van der Waals surface area contributed by atoms with Crippen molar-refractivity contribution in [2.75, 3.05) is 0 Å². The third-order valence-corrected chi connectivity index (χ3v) is 3.83. The lowest BCUT2D eigenvalue weighted by molar-refractivity contribution is 0.450. The van der Waals surface area contributed by atoms with Crippen molar-refractivity contribution >= 4 is 0 Å². The molecule has 3 nitrogen and oxygen atoms in total. The van der Waals surface area contributed by atoms with Crippen molar-refractivity contribution in [3.8, 4) is 11.6 Å². The largest absolute Gasteiger partial charge is 0.439 e. The van der Waals surface area contributed by atoms with Gasteiger partial charge < -0.3 is 10.5 Å². The Labute approximate surface area is 119 Å². The summed E-state index contributed by atoms with van der Waals surface area (Å²) in [6.45, 7) is 1.94. The first kappa shape index (κ1) is 13.1. The molecule has 1 heterocycles. The van der Waals surface area contributed by atoms with Gasteiger partial charge in [0.15, 0.2) is 0 Å². The van der Waals surface area contributed by atoms with Crippen LogP contribution in [0.4, 0.5) is 0 Å². The van der Waals surface area contributed by atoms with Crippen LogP contribution in [0.1, 0.15) is 42.5 Å². The number of hydrogen-bond donors (Lipinski definition) is 1. The molecule has 104 valence electrons. The minimum absolute atomic E-state index is 0.0867. The zero-order chi connectivity index (χ0) is 13.9. The molecule has 0 amide bonds. The van der Waals surface area contributed by atoms with Crippen LogP contribution in [0.5, 0.6) is 11.6 Å². The highest BCUT2D eigenvalue weighted by Crippen LogP contribution is 2.30. The summed E-state index contributed by atoms with van der Waals surface area (Å²) < 4.78 is 5.95. The van der Waals surface area contributed by atoms with E-state index >= 15 is 0 Å². The Hall–Kier alpha value is -1.87. The average molecular weight is 268 g/mol. The van der Waals surface area contributed by atoms with E-state index in [2.05, 4.69) is 17.1 Å². The molecule has 0 spiro atoms. The predicted molar refractivity (Wildman–Crippen MR) is 80.0 cm³/mol. The Kier molecular flexibility index (Phi) is 3.70. The summed E-state index contributed by atoms with van der Waals surface area (Å²) in [6, 6.07) is 10.1. The lowest BCUT2D eigenvalue weighted by atomic mass is 9.92. The van der Waals surface area contributed by atoms with Crippen LogP contribution >= 0.6 is 0 Å². The van der Waals surface area contributed by atoms with Crippen molar-refractivity contribution in [1.82, 2.24) is 4.98 Å². The summed E-state index contributed by atoms with van der Waals surface area (Å²) in [4.78, 5) is 4.31. The number of nitrogens with zero attached hydrogens (tertiary/aromatic N) is 1. The molecule has 0 unspecified atom stereocenters. The Bertz CT molecular complexity index is 608. The molecule has 1 aliphatic carbocycles. The van der Waals surface area contributed by atoms with Gasteiger partial charge in [-0.15, -0.1) is 0 Å². The Morgan fingerprint density at radius 2 is 1.95 bits per heavy atom. The molecule has 2 N–H and O–H groups in total. The second-order valence-electron chi connectivity index (χ2n) is 5.43. The van der Waals surface area contributed by atoms with Crippen LogP contribution in [0.15, 0.2) is 36.5 Å². The zero-order valence-electron chi connectivity index (χ0n) is 11.8. The van der Waals surface area contributed by atoms with E-state index in [-0.39, 0.29) is 6.04 Å². The van der Waals surface area contributed by atoms with Crippen molar-refractivity contribution in [2.24, 2.45) is 5.73 Å². The SMILES string of the molecule is C[C@H](N)c1cccnc1Oc1ccc2c(c1)CCCC2. The van der Waals surface area contributed by atoms with E-state index in [9.17, 15) is 0 Å². The summed E-state index contributed by atoms with van der Waals surface area (Å²) in [5, 5.41) is 0. The third-order valence-electron chi connectivity index (χ3n) is 3.83. The molecule has 0 bridgehead atoms. The minimum Gasteiger partial charge on any atom is -0.439 e. The van der Waals surface area contributed by atoms with E-state index in [1.165, 1.54) is 30.4 Å². The van der Waals surface area contributed by atoms with Crippen LogP contribution in [0, 0.1) is 0 Å². The van der Waals surface area contributed by atoms with Gasteiger partial charge in [0, 0.05) is 17.8 Å². The first-order chi connectivity index (χ1) is 9.74. The van der Waals surface area contributed by atoms with E-state index in [1.807, 2.05) is 25.1 Å². The topological polar surface area (TPSA) is 48.1 Å². The molecule has 0 aliphatic heterocycles. The maximum atomic E-state index is 5.96. The van der Waals surface area contributed by atoms with Gasteiger partial charge in [0.05, 0.1) is 0 Å². The lowest BCUT2D eigenvalue weighted by Gasteiger charge is -2.17. The van der Waals surface area contributed by atoms with Crippen LogP contribution in [-0.2, 0) is 12.8 Å². The van der Waals surface area contributed by atoms with E-state index in [0.29, 0.717) is 5.88 Å². The van der Waals surface area contributed by atoms with Crippen molar-refractivity contribution in [2.45, 2.75) is 38.6 Å². The van der Waals surface area contributed by atoms with E-state index < -0.39 is 0 Å². The average Bonchev–Trinajstić information content (AvgIpc) is 2.47. The van der Waals surface area contributed by atoms with Gasteiger partial charge in [-0.1, -0.05) is 12.1 Å². The van der Waals surface area contributed by atoms with Crippen LogP contribution in [0.3, 0.4) is 0 Å². The first-order valence-corrected chi connectivity index (χ1v) is 7.24. The van der Waals surface area contributed by atoms with Crippen molar-refractivity contribution in [1.29, 1.82) is 0 Å². The zero-order valence-corrected chi connectivity index (χ0v) is 11.8. The van der Waals surface area contributed by atoms with Crippen LogP contribution in [0.25, 0.3) is 0 Å². The summed E-state index contributed by atoms with van der Waals surface area (Å²) in [6.07, 6.45) is 6.63. The molecule has 1 aliphatic rings. The normalized spacial score (nSPS) is 15.5. The highest BCUT2D eigenvalue weighted by atomic mass is 16.5. The maximum absolute atomic E-state index is 5.96. The highest BCUT2D eigenvalue weighted by Gasteiger charge is 2.13. The number of pyridine rings is 1. The second-order valence-corrected chi connectivity index (χ2v) is 5.43. The summed E-state index contributed by atoms with van der Waals surface area (Å²) in [5.41, 5.74) is 9.76. The highest BCUT2D eigenvalue weighted by molar-refractivity contribution is 5.40. The Morgan fingerprint density at radius 1 is 1.15 bits per heavy atom. The van der Waals surface area contributed by atoms with Crippen LogP contribution in [0.2, 0.25) is 0 Å². The standard InChI is InChI=1S/C17H20N2O/c1-12(18)16-7-4-10-19-17(16)20-15-9-8-13-5-2-3-6-14(13)11-15/h4,7-12H,2-3,5-6,18H2,1H3/t12-/m0/s1. The molecule has 0 saturated carbocycles. The number of ether oxygens (including phenoxy) is 1. The van der Waals surface area contributed by atoms with Gasteiger partial charge in [0.25, 0.3) is 0 Å². The summed E-state index contributed by atoms with van der Waals surface area (Å²) in [7, 11) is 0. The van der Waals surface area contributed by atoms with E-state index in [4.69, 9.17) is 10.5 Å². The smallest absolute Gasteiger partial charge is 0.223 e. The minimum atomic E-state index is -0.0867. The molecular weight excluding hydrogens is 248 g/mol. The molecule has 0 fully saturated rings. The summed E-state index contributed by atoms with van der Waals surface area (Å²) in [5.74, 6) is 1.46. The van der Waals surface area contributed by atoms with Crippen molar-refractivity contribution in [3.63, 3.8) is 0 Å². The van der Waals surface area contributed by atoms with Gasteiger partial charge in [-0.05, 0) is 61.9 Å². The maximum Gasteiger partial charge on any atom is 0.223 e. The van der Waals surface area contributed by atoms with Gasteiger partial charge in [-0.3, -0.25) is 0 Å². The van der Waals surface area contributed by atoms with E-state index in [0.717, 1.165) is 17.7 Å². The van der Waals surface area contributed by atoms with Gasteiger partial charge in [0.2, 0.25) is 5.88 Å². The third kappa shape index (κ3) is 2.68. The molecule has 1 aromatic carbocycles. The van der Waals surface area contributed by atoms with Gasteiger partial charge >= 0.3 is 0 Å². The van der Waals surface area contributed by atoms with E-state index in [1.54, 1.807) is 6.20 Å². The molecule has 3 heteroatoms. The van der Waals surface area contributed by atoms with Crippen LogP contribution in [-0.4, -0.2) is 4.98 Å². The number of benzene rings is 1. The first-order valence-electron chi connectivity index (χ1n) is 7.24. The predicted octanol–water partition coefficient (Wildman–Crippen LogP) is 3.77. The fraction of sp³-hybridized carbons (Fsp3) is 0.353. The summed E-state index contributed by atoms with van der Waals surface area (Å²) >= 11 is 0. The van der Waals surface area contributed by atoms with Gasteiger partial charge in [-0.25, -0.2) is 4.98 Å². The number of fused-ring (bicyclic) bond motifs is 1. The second kappa shape index (κ2) is 5.63. The lowest BCUT2D eigenvalue weighted by Crippen LogP contribution is -2.08. The number of aryl methyl sites for hydroxylation is 2. The fourth-order valence-corrected chi connectivity index (χ4v) is 2.72. The quantitative estimate of drug-likeness (QED) is 0.921. The molecule has 0 radical (unpaired) electrons. The van der Waals surface area contributed by atoms with Gasteiger partial charge in [-0.2, -0.15) is 0 Å². The molecule has 1 atom stereocenters. The van der Waals surface area contributed by atoms with Crippen LogP contribution < -0.4 is 10.5 Å². The van der Waals surface area contributed by atoms with Gasteiger partial charge in [0.1, 0.15) is 5.75 Å². The number of aromatic nitrogens is 1. The number of nitrogens with two attached hydrogens (primary N) is 1.